The Morgan fingerprint density at radius 2 is 2.08 bits per heavy atom. The molecule has 0 radical (unpaired) electrons. The number of morpholine rings is 1. The van der Waals surface area contributed by atoms with Gasteiger partial charge < -0.3 is 14.6 Å². The second-order valence-electron chi connectivity index (χ2n) is 6.71. The number of hydrogen-bond acceptors (Lipinski definition) is 2. The predicted octanol–water partition coefficient (Wildman–Crippen LogP) is 4.54. The van der Waals surface area contributed by atoms with E-state index in [1.165, 1.54) is 23.8 Å². The molecule has 25 heavy (non-hydrogen) atoms. The zero-order valence-corrected chi connectivity index (χ0v) is 15.5. The number of hydrogen-bond donors (Lipinski definition) is 1. The largest absolute Gasteiger partial charge is 0.374 e. The number of para-hydroxylation sites is 1. The Balaban J connectivity index is 0.000000784. The van der Waals surface area contributed by atoms with Crippen molar-refractivity contribution in [3.63, 3.8) is 0 Å². The fourth-order valence-electron chi connectivity index (χ4n) is 4.13. The lowest BCUT2D eigenvalue weighted by molar-refractivity contribution is -0.149. The van der Waals surface area contributed by atoms with Crippen molar-refractivity contribution in [3.05, 3.63) is 36.0 Å². The second kappa shape index (κ2) is 8.52. The summed E-state index contributed by atoms with van der Waals surface area (Å²) in [5.41, 5.74) is 2.39. The van der Waals surface area contributed by atoms with Gasteiger partial charge in [-0.15, -0.1) is 0 Å². The predicted molar refractivity (Wildman–Crippen MR) is 104 cm³/mol. The van der Waals surface area contributed by atoms with Crippen LogP contribution in [0, 0.1) is 0 Å². The van der Waals surface area contributed by atoms with Crippen molar-refractivity contribution < 1.29 is 11.0 Å². The highest BCUT2D eigenvalue weighted by Gasteiger charge is 2.36. The minimum atomic E-state index is 0. The first-order chi connectivity index (χ1) is 12.3. The van der Waals surface area contributed by atoms with E-state index in [2.05, 4.69) is 28.1 Å². The summed E-state index contributed by atoms with van der Waals surface area (Å²) in [6, 6.07) is 8.60. The second-order valence-corrected chi connectivity index (χ2v) is 6.71. The highest BCUT2D eigenvalue weighted by molar-refractivity contribution is 5.84. The standard InChI is InChI=1S/C19H24N2O2.C2H6.H2/c22-19(21-11-12-23-18-8-4-3-7-17(18)21)10-9-14-13-20-16-6-2-1-5-15(14)16;1-2;/h1-2,5-6,13,17-18,20H,3-4,7-12H2;1-2H3;1H/t17?,18-;;/m1../s1. The molecule has 1 unspecified atom stereocenters. The molecule has 1 N–H and O–H groups in total. The van der Waals surface area contributed by atoms with Gasteiger partial charge in [0.25, 0.3) is 0 Å². The number of nitrogens with zero attached hydrogens (tertiary/aromatic N) is 1. The Labute approximate surface area is 152 Å². The molecule has 0 spiro atoms. The van der Waals surface area contributed by atoms with Gasteiger partial charge in [0.15, 0.2) is 0 Å². The molecule has 4 nitrogen and oxygen atoms in total. The molecular formula is C21H32N2O2. The molecule has 0 bridgehead atoms. The SMILES string of the molecule is CC.O=C(CCc1c[nH]c2ccccc12)N1CCO[C@@H]2CCCCC21.[HH]. The Kier molecular flexibility index (Phi) is 6.14. The van der Waals surface area contributed by atoms with E-state index < -0.39 is 0 Å². The van der Waals surface area contributed by atoms with Crippen molar-refractivity contribution in [3.8, 4) is 0 Å². The van der Waals surface area contributed by atoms with Crippen molar-refractivity contribution in [2.75, 3.05) is 13.2 Å². The summed E-state index contributed by atoms with van der Waals surface area (Å²) in [5.74, 6) is 0.287. The van der Waals surface area contributed by atoms with Crippen LogP contribution < -0.4 is 0 Å². The number of H-pyrrole nitrogens is 1. The third-order valence-electron chi connectivity index (χ3n) is 5.34. The number of amides is 1. The number of fused-ring (bicyclic) bond motifs is 2. The molecular weight excluding hydrogens is 312 g/mol. The first-order valence-electron chi connectivity index (χ1n) is 9.79. The number of nitrogens with one attached hydrogen (secondary N) is 1. The van der Waals surface area contributed by atoms with Crippen LogP contribution in [0.5, 0.6) is 0 Å². The van der Waals surface area contributed by atoms with Crippen LogP contribution in [0.2, 0.25) is 0 Å². The minimum Gasteiger partial charge on any atom is -0.374 e. The topological polar surface area (TPSA) is 45.3 Å². The van der Waals surface area contributed by atoms with Crippen molar-refractivity contribution in [2.24, 2.45) is 0 Å². The number of ether oxygens (including phenoxy) is 1. The molecule has 2 fully saturated rings. The normalized spacial score (nSPS) is 22.9. The molecule has 1 saturated carbocycles. The lowest BCUT2D eigenvalue weighted by atomic mass is 9.90. The molecule has 1 aromatic heterocycles. The van der Waals surface area contributed by atoms with Gasteiger partial charge in [-0.2, -0.15) is 0 Å². The Hall–Kier alpha value is -1.81. The lowest BCUT2D eigenvalue weighted by Crippen LogP contribution is -2.54. The van der Waals surface area contributed by atoms with Crippen LogP contribution in [-0.4, -0.2) is 41.1 Å². The number of rotatable bonds is 3. The summed E-state index contributed by atoms with van der Waals surface area (Å²) in [7, 11) is 0. The number of carbonyl (C=O) groups is 1. The molecule has 4 rings (SSSR count). The van der Waals surface area contributed by atoms with Crippen molar-refractivity contribution >= 4 is 16.8 Å². The number of aromatic amines is 1. The van der Waals surface area contributed by atoms with Gasteiger partial charge in [-0.3, -0.25) is 4.79 Å². The van der Waals surface area contributed by atoms with Crippen LogP contribution in [-0.2, 0) is 16.0 Å². The maximum atomic E-state index is 12.7. The molecule has 138 valence electrons. The van der Waals surface area contributed by atoms with Gasteiger partial charge in [0.2, 0.25) is 5.91 Å². The number of carbonyl (C=O) groups excluding carboxylic acids is 1. The molecule has 1 aliphatic heterocycles. The van der Waals surface area contributed by atoms with Gasteiger partial charge in [0.05, 0.1) is 18.8 Å². The Bertz CT molecular complexity index is 698. The van der Waals surface area contributed by atoms with Crippen LogP contribution in [0.25, 0.3) is 10.9 Å². The first-order valence-corrected chi connectivity index (χ1v) is 9.79. The van der Waals surface area contributed by atoms with Gasteiger partial charge >= 0.3 is 0 Å². The first kappa shape index (κ1) is 18.0. The number of aromatic nitrogens is 1. The fraction of sp³-hybridized carbons (Fsp3) is 0.571. The molecule has 2 atom stereocenters. The van der Waals surface area contributed by atoms with E-state index in [1.54, 1.807) is 0 Å². The van der Waals surface area contributed by atoms with Crippen LogP contribution in [0.1, 0.15) is 52.9 Å². The minimum absolute atomic E-state index is 0. The van der Waals surface area contributed by atoms with Crippen LogP contribution in [0.15, 0.2) is 30.5 Å². The van der Waals surface area contributed by atoms with Gasteiger partial charge in [-0.25, -0.2) is 0 Å². The maximum Gasteiger partial charge on any atom is 0.223 e. The zero-order valence-electron chi connectivity index (χ0n) is 15.5. The van der Waals surface area contributed by atoms with Crippen molar-refractivity contribution in [1.29, 1.82) is 0 Å². The number of benzene rings is 1. The Morgan fingerprint density at radius 1 is 1.28 bits per heavy atom. The van der Waals surface area contributed by atoms with E-state index in [9.17, 15) is 4.79 Å². The maximum absolute atomic E-state index is 12.7. The van der Waals surface area contributed by atoms with E-state index in [0.717, 1.165) is 31.3 Å². The van der Waals surface area contributed by atoms with E-state index in [4.69, 9.17) is 4.74 Å². The van der Waals surface area contributed by atoms with E-state index in [-0.39, 0.29) is 13.4 Å². The summed E-state index contributed by atoms with van der Waals surface area (Å²) in [5, 5.41) is 1.23. The summed E-state index contributed by atoms with van der Waals surface area (Å²) >= 11 is 0. The van der Waals surface area contributed by atoms with Crippen molar-refractivity contribution in [1.82, 2.24) is 9.88 Å². The molecule has 1 saturated heterocycles. The highest BCUT2D eigenvalue weighted by Crippen LogP contribution is 2.29. The smallest absolute Gasteiger partial charge is 0.223 e. The van der Waals surface area contributed by atoms with Gasteiger partial charge in [-0.1, -0.05) is 44.9 Å². The highest BCUT2D eigenvalue weighted by atomic mass is 16.5. The average Bonchev–Trinajstić information content (AvgIpc) is 3.10. The molecule has 2 aliphatic rings. The van der Waals surface area contributed by atoms with Crippen molar-refractivity contribution in [2.45, 2.75) is 64.5 Å². The molecule has 1 aliphatic carbocycles. The molecule has 4 heteroatoms. The van der Waals surface area contributed by atoms with Gasteiger partial charge in [0.1, 0.15) is 0 Å². The van der Waals surface area contributed by atoms with Gasteiger partial charge in [0, 0.05) is 31.5 Å². The van der Waals surface area contributed by atoms with Gasteiger partial charge in [-0.05, 0) is 30.9 Å². The summed E-state index contributed by atoms with van der Waals surface area (Å²) < 4.78 is 5.87. The van der Waals surface area contributed by atoms with E-state index in [0.29, 0.717) is 19.1 Å². The van der Waals surface area contributed by atoms with E-state index in [1.807, 2.05) is 26.1 Å². The quantitative estimate of drug-likeness (QED) is 0.888. The molecule has 1 amide bonds. The van der Waals surface area contributed by atoms with Crippen LogP contribution in [0.4, 0.5) is 0 Å². The summed E-state index contributed by atoms with van der Waals surface area (Å²) in [6.45, 7) is 5.45. The summed E-state index contributed by atoms with van der Waals surface area (Å²) in [4.78, 5) is 18.1. The van der Waals surface area contributed by atoms with E-state index >= 15 is 0 Å². The third kappa shape index (κ3) is 3.90. The zero-order chi connectivity index (χ0) is 17.6. The monoisotopic (exact) mass is 344 g/mol. The molecule has 2 aromatic rings. The van der Waals surface area contributed by atoms with Crippen LogP contribution >= 0.6 is 0 Å². The Morgan fingerprint density at radius 3 is 2.96 bits per heavy atom. The fourth-order valence-corrected chi connectivity index (χ4v) is 4.13. The third-order valence-corrected chi connectivity index (χ3v) is 5.34. The number of aryl methyl sites for hydroxylation is 1. The average molecular weight is 344 g/mol. The molecule has 2 heterocycles. The molecule has 1 aromatic carbocycles. The van der Waals surface area contributed by atoms with Crippen LogP contribution in [0.3, 0.4) is 0 Å². The lowest BCUT2D eigenvalue weighted by Gasteiger charge is -2.43. The summed E-state index contributed by atoms with van der Waals surface area (Å²) in [6.07, 6.45) is 8.37.